The van der Waals surface area contributed by atoms with Crippen LogP contribution in [0.4, 0.5) is 0 Å². The fourth-order valence-electron chi connectivity index (χ4n) is 2.62. The lowest BCUT2D eigenvalue weighted by Crippen LogP contribution is -2.46. The van der Waals surface area contributed by atoms with Crippen LogP contribution in [0.5, 0.6) is 0 Å². The summed E-state index contributed by atoms with van der Waals surface area (Å²) < 4.78 is 11.0. The van der Waals surface area contributed by atoms with Gasteiger partial charge in [0.25, 0.3) is 0 Å². The zero-order chi connectivity index (χ0) is 15.5. The lowest BCUT2D eigenvalue weighted by molar-refractivity contribution is -0.145. The Labute approximate surface area is 133 Å². The van der Waals surface area contributed by atoms with Crippen LogP contribution in [0.15, 0.2) is 21.9 Å². The van der Waals surface area contributed by atoms with Crippen LogP contribution in [-0.4, -0.2) is 40.8 Å². The van der Waals surface area contributed by atoms with Gasteiger partial charge in [0.1, 0.15) is 6.04 Å². The SMILES string of the molecule is Cc1nnc([C@H]2COCCN2C(=O)[C@@H](C)Cc2cccs2)o1. The maximum atomic E-state index is 12.8. The number of nitrogens with zero attached hydrogens (tertiary/aromatic N) is 3. The van der Waals surface area contributed by atoms with E-state index in [0.717, 1.165) is 6.42 Å². The molecule has 1 saturated heterocycles. The third-order valence-electron chi connectivity index (χ3n) is 3.75. The van der Waals surface area contributed by atoms with Crippen molar-refractivity contribution in [1.82, 2.24) is 15.1 Å². The second-order valence-corrected chi connectivity index (χ2v) is 6.50. The largest absolute Gasteiger partial charge is 0.423 e. The third-order valence-corrected chi connectivity index (χ3v) is 4.65. The molecular weight excluding hydrogens is 302 g/mol. The Hall–Kier alpha value is -1.73. The number of ether oxygens (including phenoxy) is 1. The molecule has 3 rings (SSSR count). The summed E-state index contributed by atoms with van der Waals surface area (Å²) in [6.45, 7) is 5.21. The molecule has 0 spiro atoms. The van der Waals surface area contributed by atoms with Crippen molar-refractivity contribution in [1.29, 1.82) is 0 Å². The van der Waals surface area contributed by atoms with E-state index in [4.69, 9.17) is 9.15 Å². The Morgan fingerprint density at radius 2 is 2.41 bits per heavy atom. The van der Waals surface area contributed by atoms with Gasteiger partial charge in [-0.2, -0.15) is 0 Å². The first kappa shape index (κ1) is 15.2. The molecule has 0 unspecified atom stereocenters. The van der Waals surface area contributed by atoms with Crippen LogP contribution >= 0.6 is 11.3 Å². The Bertz CT molecular complexity index is 626. The zero-order valence-electron chi connectivity index (χ0n) is 12.7. The van der Waals surface area contributed by atoms with Crippen LogP contribution in [0.1, 0.15) is 29.6 Å². The number of carbonyl (C=O) groups is 1. The quantitative estimate of drug-likeness (QED) is 0.863. The molecule has 0 bridgehead atoms. The molecule has 0 aromatic carbocycles. The molecule has 1 aliphatic rings. The molecule has 3 heterocycles. The van der Waals surface area contributed by atoms with Crippen LogP contribution in [-0.2, 0) is 16.0 Å². The molecule has 1 amide bonds. The van der Waals surface area contributed by atoms with Crippen molar-refractivity contribution >= 4 is 17.2 Å². The van der Waals surface area contributed by atoms with Gasteiger partial charge in [0.15, 0.2) is 0 Å². The van der Waals surface area contributed by atoms with Gasteiger partial charge < -0.3 is 14.1 Å². The van der Waals surface area contributed by atoms with Crippen molar-refractivity contribution in [2.75, 3.05) is 19.8 Å². The van der Waals surface area contributed by atoms with E-state index in [2.05, 4.69) is 16.3 Å². The molecule has 118 valence electrons. The highest BCUT2D eigenvalue weighted by molar-refractivity contribution is 7.09. The number of rotatable bonds is 4. The third kappa shape index (κ3) is 3.20. The minimum atomic E-state index is -0.284. The van der Waals surface area contributed by atoms with Gasteiger partial charge in [-0.3, -0.25) is 4.79 Å². The highest BCUT2D eigenvalue weighted by Gasteiger charge is 2.34. The maximum absolute atomic E-state index is 12.8. The summed E-state index contributed by atoms with van der Waals surface area (Å²) in [6.07, 6.45) is 0.753. The number of amides is 1. The number of aromatic nitrogens is 2. The number of hydrogen-bond acceptors (Lipinski definition) is 6. The Morgan fingerprint density at radius 3 is 3.09 bits per heavy atom. The fraction of sp³-hybridized carbons (Fsp3) is 0.533. The molecule has 0 saturated carbocycles. The highest BCUT2D eigenvalue weighted by atomic mass is 32.1. The lowest BCUT2D eigenvalue weighted by Gasteiger charge is -2.35. The average molecular weight is 321 g/mol. The number of aryl methyl sites for hydroxylation is 1. The topological polar surface area (TPSA) is 68.5 Å². The van der Waals surface area contributed by atoms with E-state index in [1.807, 2.05) is 23.3 Å². The molecule has 22 heavy (non-hydrogen) atoms. The Morgan fingerprint density at radius 1 is 1.55 bits per heavy atom. The van der Waals surface area contributed by atoms with Gasteiger partial charge in [0.2, 0.25) is 17.7 Å². The normalized spacial score (nSPS) is 20.1. The van der Waals surface area contributed by atoms with Crippen LogP contribution in [0.25, 0.3) is 0 Å². The standard InChI is InChI=1S/C15H19N3O3S/c1-10(8-12-4-3-7-22-12)15(19)18-5-6-20-9-13(18)14-17-16-11(2)21-14/h3-4,7,10,13H,5-6,8-9H2,1-2H3/t10-,13+/m0/s1. The average Bonchev–Trinajstić information content (AvgIpc) is 3.18. The van der Waals surface area contributed by atoms with Crippen molar-refractivity contribution in [3.8, 4) is 0 Å². The van der Waals surface area contributed by atoms with Crippen molar-refractivity contribution in [2.24, 2.45) is 5.92 Å². The molecular formula is C15H19N3O3S. The predicted octanol–water partition coefficient (Wildman–Crippen LogP) is 2.22. The second kappa shape index (κ2) is 6.58. The molecule has 2 atom stereocenters. The second-order valence-electron chi connectivity index (χ2n) is 5.47. The minimum Gasteiger partial charge on any atom is -0.423 e. The van der Waals surface area contributed by atoms with Gasteiger partial charge in [-0.25, -0.2) is 0 Å². The van der Waals surface area contributed by atoms with Gasteiger partial charge in [0, 0.05) is 24.3 Å². The van der Waals surface area contributed by atoms with E-state index < -0.39 is 0 Å². The van der Waals surface area contributed by atoms with E-state index in [0.29, 0.717) is 31.5 Å². The highest BCUT2D eigenvalue weighted by Crippen LogP contribution is 2.26. The summed E-state index contributed by atoms with van der Waals surface area (Å²) >= 11 is 1.68. The van der Waals surface area contributed by atoms with Crippen molar-refractivity contribution < 1.29 is 13.9 Å². The Balaban J connectivity index is 1.73. The summed E-state index contributed by atoms with van der Waals surface area (Å²) in [7, 11) is 0. The van der Waals surface area contributed by atoms with Gasteiger partial charge in [-0.15, -0.1) is 21.5 Å². The van der Waals surface area contributed by atoms with Crippen molar-refractivity contribution in [3.05, 3.63) is 34.2 Å². The zero-order valence-corrected chi connectivity index (χ0v) is 13.5. The number of morpholine rings is 1. The van der Waals surface area contributed by atoms with Crippen LogP contribution in [0.3, 0.4) is 0 Å². The van der Waals surface area contributed by atoms with Gasteiger partial charge in [-0.1, -0.05) is 13.0 Å². The first-order valence-electron chi connectivity index (χ1n) is 7.35. The first-order valence-corrected chi connectivity index (χ1v) is 8.23. The van der Waals surface area contributed by atoms with Gasteiger partial charge in [0.05, 0.1) is 13.2 Å². The molecule has 1 aliphatic heterocycles. The first-order chi connectivity index (χ1) is 10.6. The maximum Gasteiger partial charge on any atom is 0.241 e. The van der Waals surface area contributed by atoms with E-state index in [9.17, 15) is 4.79 Å². The summed E-state index contributed by atoms with van der Waals surface area (Å²) in [5.41, 5.74) is 0. The summed E-state index contributed by atoms with van der Waals surface area (Å²) in [5.74, 6) is 0.981. The van der Waals surface area contributed by atoms with Gasteiger partial charge >= 0.3 is 0 Å². The van der Waals surface area contributed by atoms with Gasteiger partial charge in [-0.05, 0) is 17.9 Å². The number of carbonyl (C=O) groups excluding carboxylic acids is 1. The summed E-state index contributed by atoms with van der Waals surface area (Å²) in [4.78, 5) is 15.8. The summed E-state index contributed by atoms with van der Waals surface area (Å²) in [6, 6.07) is 3.79. The monoisotopic (exact) mass is 321 g/mol. The minimum absolute atomic E-state index is 0.0803. The summed E-state index contributed by atoms with van der Waals surface area (Å²) in [5, 5.41) is 9.93. The molecule has 0 aliphatic carbocycles. The fourth-order valence-corrected chi connectivity index (χ4v) is 3.45. The number of thiophene rings is 1. The molecule has 0 radical (unpaired) electrons. The number of hydrogen-bond donors (Lipinski definition) is 0. The van der Waals surface area contributed by atoms with Crippen LogP contribution in [0.2, 0.25) is 0 Å². The lowest BCUT2D eigenvalue weighted by atomic mass is 10.0. The molecule has 2 aromatic heterocycles. The van der Waals surface area contributed by atoms with E-state index >= 15 is 0 Å². The van der Waals surface area contributed by atoms with E-state index in [-0.39, 0.29) is 17.9 Å². The van der Waals surface area contributed by atoms with Crippen LogP contribution in [0, 0.1) is 12.8 Å². The van der Waals surface area contributed by atoms with E-state index in [1.165, 1.54) is 4.88 Å². The Kier molecular flexibility index (Phi) is 4.54. The smallest absolute Gasteiger partial charge is 0.241 e. The van der Waals surface area contributed by atoms with Crippen molar-refractivity contribution in [3.63, 3.8) is 0 Å². The van der Waals surface area contributed by atoms with E-state index in [1.54, 1.807) is 18.3 Å². The molecule has 0 N–H and O–H groups in total. The van der Waals surface area contributed by atoms with Crippen LogP contribution < -0.4 is 0 Å². The van der Waals surface area contributed by atoms with Crippen molar-refractivity contribution in [2.45, 2.75) is 26.3 Å². The predicted molar refractivity (Wildman–Crippen MR) is 81.5 cm³/mol. The molecule has 7 heteroatoms. The molecule has 2 aromatic rings. The molecule has 6 nitrogen and oxygen atoms in total. The molecule has 1 fully saturated rings.